The van der Waals surface area contributed by atoms with Gasteiger partial charge in [0.25, 0.3) is 5.91 Å². The number of carbonyl (C=O) groups is 3. The molecule has 2 rings (SSSR count). The molecule has 7 nitrogen and oxygen atoms in total. The average Bonchev–Trinajstić information content (AvgIpc) is 2.65. The minimum absolute atomic E-state index is 0.129. The van der Waals surface area contributed by atoms with Gasteiger partial charge in [-0.3, -0.25) is 14.4 Å². The van der Waals surface area contributed by atoms with Crippen LogP contribution in [-0.2, 0) is 24.2 Å². The Bertz CT molecular complexity index is 980. The zero-order valence-corrected chi connectivity index (χ0v) is 16.4. The molecule has 0 radical (unpaired) electrons. The predicted molar refractivity (Wildman–Crippen MR) is 104 cm³/mol. The van der Waals surface area contributed by atoms with Gasteiger partial charge in [-0.2, -0.15) is 0 Å². The lowest BCUT2D eigenvalue weighted by Gasteiger charge is -2.09. The van der Waals surface area contributed by atoms with Gasteiger partial charge in [0.2, 0.25) is 0 Å². The number of anilines is 1. The number of hydrogen-bond acceptors (Lipinski definition) is 6. The first-order valence-corrected chi connectivity index (χ1v) is 10.2. The summed E-state index contributed by atoms with van der Waals surface area (Å²) in [6.45, 7) is 2.64. The van der Waals surface area contributed by atoms with Gasteiger partial charge in [-0.15, -0.1) is 0 Å². The normalized spacial score (nSPS) is 10.9. The summed E-state index contributed by atoms with van der Waals surface area (Å²) in [7, 11) is -3.61. The molecule has 0 atom stereocenters. The molecular formula is C20H21NO6S. The fourth-order valence-corrected chi connectivity index (χ4v) is 3.61. The van der Waals surface area contributed by atoms with Gasteiger partial charge >= 0.3 is 5.97 Å². The Labute approximate surface area is 163 Å². The number of nitrogens with one attached hydrogen (secondary N) is 1. The summed E-state index contributed by atoms with van der Waals surface area (Å²) in [6.07, 6.45) is -0.368. The number of para-hydroxylation sites is 1. The molecule has 0 spiro atoms. The Morgan fingerprint density at radius 3 is 2.29 bits per heavy atom. The van der Waals surface area contributed by atoms with Crippen LogP contribution < -0.4 is 5.32 Å². The van der Waals surface area contributed by atoms with E-state index < -0.39 is 34.1 Å². The van der Waals surface area contributed by atoms with Crippen molar-refractivity contribution in [3.05, 3.63) is 59.7 Å². The van der Waals surface area contributed by atoms with Crippen LogP contribution in [0.25, 0.3) is 0 Å². The number of Topliss-reactive ketones (excluding diaryl/α,β-unsaturated/α-hetero) is 1. The monoisotopic (exact) mass is 403 g/mol. The van der Waals surface area contributed by atoms with E-state index in [1.54, 1.807) is 36.4 Å². The van der Waals surface area contributed by atoms with Crippen LogP contribution in [0.1, 0.15) is 29.3 Å². The van der Waals surface area contributed by atoms with E-state index in [-0.39, 0.29) is 17.1 Å². The molecule has 28 heavy (non-hydrogen) atoms. The van der Waals surface area contributed by atoms with Crippen LogP contribution in [0.5, 0.6) is 0 Å². The third kappa shape index (κ3) is 6.02. The van der Waals surface area contributed by atoms with Crippen LogP contribution in [-0.4, -0.2) is 38.4 Å². The molecule has 1 amide bonds. The van der Waals surface area contributed by atoms with Crippen LogP contribution in [0.3, 0.4) is 0 Å². The number of carbonyl (C=O) groups excluding carboxylic acids is 3. The molecule has 1 N–H and O–H groups in total. The van der Waals surface area contributed by atoms with Gasteiger partial charge in [0.05, 0.1) is 22.8 Å². The number of esters is 1. The molecular weight excluding hydrogens is 382 g/mol. The van der Waals surface area contributed by atoms with Crippen LogP contribution in [0.15, 0.2) is 53.4 Å². The molecule has 0 bridgehead atoms. The van der Waals surface area contributed by atoms with Gasteiger partial charge < -0.3 is 10.1 Å². The lowest BCUT2D eigenvalue weighted by atomic mass is 10.1. The van der Waals surface area contributed by atoms with E-state index in [1.165, 1.54) is 19.1 Å². The molecule has 0 saturated carbocycles. The van der Waals surface area contributed by atoms with Crippen molar-refractivity contribution in [1.82, 2.24) is 0 Å². The maximum atomic E-state index is 12.2. The van der Waals surface area contributed by atoms with Gasteiger partial charge in [0, 0.05) is 5.56 Å². The number of amides is 1. The molecule has 2 aromatic carbocycles. The fourth-order valence-electron chi connectivity index (χ4n) is 2.38. The van der Waals surface area contributed by atoms with Crippen molar-refractivity contribution in [1.29, 1.82) is 0 Å². The second-order valence-electron chi connectivity index (χ2n) is 6.19. The van der Waals surface area contributed by atoms with Crippen molar-refractivity contribution in [2.45, 2.75) is 25.2 Å². The summed E-state index contributed by atoms with van der Waals surface area (Å²) in [5.41, 5.74) is 1.58. The SMILES string of the molecule is CC(=O)c1ccccc1NC(=O)COC(=O)CCS(=O)(=O)c1ccc(C)cc1. The largest absolute Gasteiger partial charge is 0.456 e. The average molecular weight is 403 g/mol. The minimum Gasteiger partial charge on any atom is -0.456 e. The first kappa shape index (κ1) is 21.3. The fraction of sp³-hybridized carbons (Fsp3) is 0.250. The molecule has 2 aromatic rings. The van der Waals surface area contributed by atoms with E-state index in [1.807, 2.05) is 6.92 Å². The highest BCUT2D eigenvalue weighted by atomic mass is 32.2. The standard InChI is InChI=1S/C20H21NO6S/c1-14-7-9-16(10-8-14)28(25,26)12-11-20(24)27-13-19(23)21-18-6-4-3-5-17(18)15(2)22/h3-10H,11-13H2,1-2H3,(H,21,23). The van der Waals surface area contributed by atoms with Gasteiger partial charge in [-0.05, 0) is 38.1 Å². The van der Waals surface area contributed by atoms with Crippen LogP contribution in [0.2, 0.25) is 0 Å². The highest BCUT2D eigenvalue weighted by Crippen LogP contribution is 2.16. The first-order valence-electron chi connectivity index (χ1n) is 8.54. The second kappa shape index (κ2) is 9.27. The number of aryl methyl sites for hydroxylation is 1. The van der Waals surface area contributed by atoms with E-state index in [2.05, 4.69) is 5.32 Å². The molecule has 0 fully saturated rings. The maximum absolute atomic E-state index is 12.2. The third-order valence-corrected chi connectivity index (χ3v) is 5.63. The smallest absolute Gasteiger partial charge is 0.307 e. The first-order chi connectivity index (χ1) is 13.2. The van der Waals surface area contributed by atoms with Gasteiger partial charge in [-0.1, -0.05) is 29.8 Å². The molecule has 0 saturated heterocycles. The summed E-state index contributed by atoms with van der Waals surface area (Å²) < 4.78 is 29.2. The van der Waals surface area contributed by atoms with E-state index in [0.29, 0.717) is 11.3 Å². The van der Waals surface area contributed by atoms with E-state index in [4.69, 9.17) is 4.74 Å². The molecule has 0 aromatic heterocycles. The summed E-state index contributed by atoms with van der Waals surface area (Å²) in [5.74, 6) is -2.05. The molecule has 0 unspecified atom stereocenters. The van der Waals surface area contributed by atoms with Crippen LogP contribution in [0, 0.1) is 6.92 Å². The number of ketones is 1. The maximum Gasteiger partial charge on any atom is 0.307 e. The molecule has 0 heterocycles. The predicted octanol–water partition coefficient (Wildman–Crippen LogP) is 2.54. The Balaban J connectivity index is 1.85. The molecule has 8 heteroatoms. The van der Waals surface area contributed by atoms with Gasteiger partial charge in [-0.25, -0.2) is 8.42 Å². The minimum atomic E-state index is -3.61. The third-order valence-electron chi connectivity index (χ3n) is 3.90. The highest BCUT2D eigenvalue weighted by molar-refractivity contribution is 7.91. The topological polar surface area (TPSA) is 107 Å². The van der Waals surface area contributed by atoms with Crippen molar-refractivity contribution in [3.63, 3.8) is 0 Å². The van der Waals surface area contributed by atoms with Crippen LogP contribution >= 0.6 is 0 Å². The lowest BCUT2D eigenvalue weighted by molar-refractivity contribution is -0.146. The number of ether oxygens (including phenoxy) is 1. The van der Waals surface area contributed by atoms with Crippen molar-refractivity contribution in [3.8, 4) is 0 Å². The Morgan fingerprint density at radius 2 is 1.64 bits per heavy atom. The Morgan fingerprint density at radius 1 is 1.00 bits per heavy atom. The molecule has 0 aliphatic rings. The van der Waals surface area contributed by atoms with Crippen LogP contribution in [0.4, 0.5) is 5.69 Å². The van der Waals surface area contributed by atoms with Crippen molar-refractivity contribution in [2.75, 3.05) is 17.7 Å². The van der Waals surface area contributed by atoms with Gasteiger partial charge in [0.1, 0.15) is 0 Å². The number of rotatable bonds is 8. The molecule has 0 aliphatic heterocycles. The Kier molecular flexibility index (Phi) is 7.06. The number of sulfone groups is 1. The number of hydrogen-bond donors (Lipinski definition) is 1. The summed E-state index contributed by atoms with van der Waals surface area (Å²) in [5, 5.41) is 2.50. The summed E-state index contributed by atoms with van der Waals surface area (Å²) >= 11 is 0. The van der Waals surface area contributed by atoms with E-state index in [9.17, 15) is 22.8 Å². The quantitative estimate of drug-likeness (QED) is 0.536. The zero-order chi connectivity index (χ0) is 20.7. The highest BCUT2D eigenvalue weighted by Gasteiger charge is 2.18. The molecule has 0 aliphatic carbocycles. The van der Waals surface area contributed by atoms with Gasteiger partial charge in [0.15, 0.2) is 22.2 Å². The summed E-state index contributed by atoms with van der Waals surface area (Å²) in [4.78, 5) is 35.4. The Hall–Kier alpha value is -3.00. The molecule has 148 valence electrons. The lowest BCUT2D eigenvalue weighted by Crippen LogP contribution is -2.23. The number of benzene rings is 2. The van der Waals surface area contributed by atoms with Crippen molar-refractivity contribution >= 4 is 33.2 Å². The van der Waals surface area contributed by atoms with Crippen molar-refractivity contribution in [2.24, 2.45) is 0 Å². The van der Waals surface area contributed by atoms with E-state index in [0.717, 1.165) is 5.56 Å². The zero-order valence-electron chi connectivity index (χ0n) is 15.6. The van der Waals surface area contributed by atoms with E-state index >= 15 is 0 Å². The van der Waals surface area contributed by atoms with Crippen molar-refractivity contribution < 1.29 is 27.5 Å². The second-order valence-corrected chi connectivity index (χ2v) is 8.30. The summed E-state index contributed by atoms with van der Waals surface area (Å²) in [6, 6.07) is 12.8.